The van der Waals surface area contributed by atoms with Crippen molar-refractivity contribution in [3.63, 3.8) is 0 Å². The van der Waals surface area contributed by atoms with E-state index < -0.39 is 0 Å². The lowest BCUT2D eigenvalue weighted by molar-refractivity contribution is 1.07. The molecule has 0 bridgehead atoms. The number of halogens is 1. The van der Waals surface area contributed by atoms with Gasteiger partial charge in [-0.1, -0.05) is 0 Å². The van der Waals surface area contributed by atoms with E-state index in [0.717, 1.165) is 0 Å². The average Bonchev–Trinajstić information content (AvgIpc) is 1.75. The summed E-state index contributed by atoms with van der Waals surface area (Å²) < 4.78 is 0. The van der Waals surface area contributed by atoms with Crippen LogP contribution in [0, 0.1) is 0 Å². The highest BCUT2D eigenvalue weighted by Gasteiger charge is 2.13. The molecule has 1 saturated carbocycles. The third kappa shape index (κ3) is 2.49. The number of hydrogen-bond acceptors (Lipinski definition) is 1. The molecule has 1 aliphatic rings. The molecule has 0 aromatic carbocycles. The minimum atomic E-state index is 0. The standard InChI is InChI=1S/C3H7N.HI/c4-3-1-2-3;/h3H,1-2,4H2;1H. The van der Waals surface area contributed by atoms with E-state index >= 15 is 0 Å². The second-order valence-electron chi connectivity index (χ2n) is 1.34. The molecule has 2 heteroatoms. The first-order valence-electron chi connectivity index (χ1n) is 1.65. The zero-order valence-electron chi connectivity index (χ0n) is 2.98. The molecule has 2 N–H and O–H groups in total. The van der Waals surface area contributed by atoms with Crippen LogP contribution in [0.3, 0.4) is 0 Å². The van der Waals surface area contributed by atoms with Crippen LogP contribution >= 0.6 is 24.0 Å². The highest BCUT2D eigenvalue weighted by atomic mass is 127. The molecule has 0 spiro atoms. The Labute approximate surface area is 48.9 Å². The zero-order valence-corrected chi connectivity index (χ0v) is 5.31. The molecule has 32 valence electrons. The fourth-order valence-corrected chi connectivity index (χ4v) is 0.0962. The highest BCUT2D eigenvalue weighted by molar-refractivity contribution is 14.0. The van der Waals surface area contributed by atoms with E-state index in [4.69, 9.17) is 5.73 Å². The first-order chi connectivity index (χ1) is 1.89. The summed E-state index contributed by atoms with van der Waals surface area (Å²) in [6.45, 7) is 0. The van der Waals surface area contributed by atoms with Gasteiger partial charge in [-0.2, -0.15) is 0 Å². The summed E-state index contributed by atoms with van der Waals surface area (Å²) in [5, 5.41) is 0. The minimum Gasteiger partial charge on any atom is -0.328 e. The number of hydrogen-bond donors (Lipinski definition) is 1. The predicted molar refractivity (Wildman–Crippen MR) is 32.6 cm³/mol. The predicted octanol–water partition coefficient (Wildman–Crippen LogP) is 0.726. The molecule has 0 aromatic heterocycles. The summed E-state index contributed by atoms with van der Waals surface area (Å²) in [6, 6.07) is 0.583. The van der Waals surface area contributed by atoms with E-state index in [9.17, 15) is 0 Å². The van der Waals surface area contributed by atoms with Gasteiger partial charge in [-0.05, 0) is 12.8 Å². The van der Waals surface area contributed by atoms with Crippen molar-refractivity contribution >= 4 is 24.0 Å². The Balaban J connectivity index is 0.000000160. The Morgan fingerprint density at radius 1 is 1.40 bits per heavy atom. The lowest BCUT2D eigenvalue weighted by Gasteiger charge is -1.58. The van der Waals surface area contributed by atoms with Crippen LogP contribution in [-0.2, 0) is 0 Å². The quantitative estimate of drug-likeness (QED) is 0.553. The van der Waals surface area contributed by atoms with E-state index in [1.165, 1.54) is 12.8 Å². The van der Waals surface area contributed by atoms with E-state index in [0.29, 0.717) is 6.04 Å². The van der Waals surface area contributed by atoms with Gasteiger partial charge in [0.25, 0.3) is 0 Å². The fraction of sp³-hybridized carbons (Fsp3) is 1.00. The fourth-order valence-electron chi connectivity index (χ4n) is 0.0962. The Morgan fingerprint density at radius 2 is 1.60 bits per heavy atom. The van der Waals surface area contributed by atoms with Crippen LogP contribution in [-0.4, -0.2) is 6.04 Å². The van der Waals surface area contributed by atoms with Crippen LogP contribution in [0.4, 0.5) is 0 Å². The molecule has 5 heavy (non-hydrogen) atoms. The molecular formula is C3H8IN. The van der Waals surface area contributed by atoms with Gasteiger partial charge in [0.15, 0.2) is 0 Å². The monoisotopic (exact) mass is 185 g/mol. The third-order valence-electron chi connectivity index (χ3n) is 0.622. The largest absolute Gasteiger partial charge is 0.328 e. The Hall–Kier alpha value is 0.690. The lowest BCUT2D eigenvalue weighted by Crippen LogP contribution is -1.94. The lowest BCUT2D eigenvalue weighted by atomic mass is 10.8. The summed E-state index contributed by atoms with van der Waals surface area (Å²) in [4.78, 5) is 0. The van der Waals surface area contributed by atoms with Crippen LogP contribution in [0.25, 0.3) is 0 Å². The van der Waals surface area contributed by atoms with Crippen LogP contribution in [0.2, 0.25) is 0 Å². The normalized spacial score (nSPS) is 21.0. The summed E-state index contributed by atoms with van der Waals surface area (Å²) in [5.41, 5.74) is 5.22. The summed E-state index contributed by atoms with van der Waals surface area (Å²) in [7, 11) is 0. The van der Waals surface area contributed by atoms with Crippen molar-refractivity contribution in [1.82, 2.24) is 0 Å². The van der Waals surface area contributed by atoms with Gasteiger partial charge in [-0.15, -0.1) is 24.0 Å². The second-order valence-corrected chi connectivity index (χ2v) is 1.34. The van der Waals surface area contributed by atoms with E-state index in [2.05, 4.69) is 0 Å². The number of rotatable bonds is 0. The maximum Gasteiger partial charge on any atom is 0.00399 e. The topological polar surface area (TPSA) is 26.0 Å². The van der Waals surface area contributed by atoms with Gasteiger partial charge >= 0.3 is 0 Å². The van der Waals surface area contributed by atoms with Gasteiger partial charge in [0, 0.05) is 6.04 Å². The van der Waals surface area contributed by atoms with Gasteiger partial charge < -0.3 is 5.73 Å². The van der Waals surface area contributed by atoms with Crippen molar-refractivity contribution in [2.75, 3.05) is 0 Å². The molecule has 0 unspecified atom stereocenters. The number of nitrogens with two attached hydrogens (primary N) is 1. The van der Waals surface area contributed by atoms with E-state index in [1.54, 1.807) is 0 Å². The molecule has 1 fully saturated rings. The summed E-state index contributed by atoms with van der Waals surface area (Å²) >= 11 is 0. The van der Waals surface area contributed by atoms with Gasteiger partial charge in [-0.25, -0.2) is 0 Å². The van der Waals surface area contributed by atoms with Crippen molar-refractivity contribution in [2.24, 2.45) is 5.73 Å². The maximum atomic E-state index is 5.22. The Bertz CT molecular complexity index is 26.1. The van der Waals surface area contributed by atoms with Crippen LogP contribution < -0.4 is 5.73 Å². The zero-order chi connectivity index (χ0) is 2.99. The molecule has 1 rings (SSSR count). The molecule has 0 heterocycles. The molecule has 0 aromatic rings. The molecule has 0 amide bonds. The van der Waals surface area contributed by atoms with Gasteiger partial charge in [0.1, 0.15) is 0 Å². The molecule has 0 aliphatic heterocycles. The molecule has 0 atom stereocenters. The van der Waals surface area contributed by atoms with Crippen LogP contribution in [0.1, 0.15) is 12.8 Å². The van der Waals surface area contributed by atoms with E-state index in [1.807, 2.05) is 0 Å². The highest BCUT2D eigenvalue weighted by Crippen LogP contribution is 2.13. The van der Waals surface area contributed by atoms with Crippen LogP contribution in [0.15, 0.2) is 0 Å². The van der Waals surface area contributed by atoms with Crippen molar-refractivity contribution in [1.29, 1.82) is 0 Å². The minimum absolute atomic E-state index is 0. The first kappa shape index (κ1) is 5.69. The molecule has 1 aliphatic carbocycles. The second kappa shape index (κ2) is 1.97. The molecule has 0 saturated heterocycles. The van der Waals surface area contributed by atoms with Crippen molar-refractivity contribution in [3.05, 3.63) is 0 Å². The van der Waals surface area contributed by atoms with Gasteiger partial charge in [-0.3, -0.25) is 0 Å². The SMILES string of the molecule is I.NC1CC1. The summed E-state index contributed by atoms with van der Waals surface area (Å²) in [6.07, 6.45) is 2.53. The smallest absolute Gasteiger partial charge is 0.00399 e. The molecular weight excluding hydrogens is 177 g/mol. The van der Waals surface area contributed by atoms with Crippen molar-refractivity contribution < 1.29 is 0 Å². The average molecular weight is 185 g/mol. The Kier molecular flexibility index (Phi) is 2.24. The van der Waals surface area contributed by atoms with Gasteiger partial charge in [0.05, 0.1) is 0 Å². The van der Waals surface area contributed by atoms with Crippen LogP contribution in [0.5, 0.6) is 0 Å². The molecule has 1 nitrogen and oxygen atoms in total. The first-order valence-corrected chi connectivity index (χ1v) is 1.65. The Morgan fingerprint density at radius 3 is 1.60 bits per heavy atom. The maximum absolute atomic E-state index is 5.22. The third-order valence-corrected chi connectivity index (χ3v) is 0.622. The summed E-state index contributed by atoms with van der Waals surface area (Å²) in [5.74, 6) is 0. The van der Waals surface area contributed by atoms with Crippen molar-refractivity contribution in [3.8, 4) is 0 Å². The van der Waals surface area contributed by atoms with Gasteiger partial charge in [0.2, 0.25) is 0 Å². The van der Waals surface area contributed by atoms with E-state index in [-0.39, 0.29) is 24.0 Å². The van der Waals surface area contributed by atoms with Crippen molar-refractivity contribution in [2.45, 2.75) is 18.9 Å². The molecule has 0 radical (unpaired) electrons.